The van der Waals surface area contributed by atoms with Crippen LogP contribution < -0.4 is 4.90 Å². The number of pyridine rings is 1. The Morgan fingerprint density at radius 3 is 3.00 bits per heavy atom. The molecule has 2 heterocycles. The van der Waals surface area contributed by atoms with E-state index in [1.165, 1.54) is 30.4 Å². The van der Waals surface area contributed by atoms with Gasteiger partial charge in [-0.15, -0.1) is 0 Å². The van der Waals surface area contributed by atoms with Gasteiger partial charge in [-0.2, -0.15) is 0 Å². The zero-order chi connectivity index (χ0) is 11.9. The normalized spacial score (nSPS) is 20.2. The fourth-order valence-corrected chi connectivity index (χ4v) is 2.30. The van der Waals surface area contributed by atoms with E-state index < -0.39 is 0 Å². The SMILES string of the molecule is CN1CCCc2c(C#CC3(C)CC3)ccnc21. The molecule has 1 aromatic heterocycles. The number of fused-ring (bicyclic) bond motifs is 1. The Kier molecular flexibility index (Phi) is 2.36. The maximum atomic E-state index is 4.48. The van der Waals surface area contributed by atoms with Gasteiger partial charge in [-0.1, -0.05) is 11.8 Å². The summed E-state index contributed by atoms with van der Waals surface area (Å²) in [4.78, 5) is 6.72. The average molecular weight is 226 g/mol. The Hall–Kier alpha value is -1.49. The topological polar surface area (TPSA) is 16.1 Å². The van der Waals surface area contributed by atoms with Gasteiger partial charge in [0.1, 0.15) is 5.82 Å². The average Bonchev–Trinajstić information content (AvgIpc) is 3.06. The van der Waals surface area contributed by atoms with Crippen LogP contribution in [0.25, 0.3) is 0 Å². The van der Waals surface area contributed by atoms with Crippen molar-refractivity contribution in [2.75, 3.05) is 18.5 Å². The Labute approximate surface area is 103 Å². The van der Waals surface area contributed by atoms with Crippen molar-refractivity contribution >= 4 is 5.82 Å². The molecule has 0 aromatic carbocycles. The first-order valence-electron chi connectivity index (χ1n) is 6.40. The highest BCUT2D eigenvalue weighted by atomic mass is 15.2. The van der Waals surface area contributed by atoms with Gasteiger partial charge in [-0.05, 0) is 38.7 Å². The highest BCUT2D eigenvalue weighted by Gasteiger charge is 2.35. The van der Waals surface area contributed by atoms with E-state index in [1.54, 1.807) is 0 Å². The largest absolute Gasteiger partial charge is 0.359 e. The molecule has 0 amide bonds. The molecule has 0 N–H and O–H groups in total. The van der Waals surface area contributed by atoms with Crippen molar-refractivity contribution in [1.82, 2.24) is 4.98 Å². The molecule has 1 fully saturated rings. The minimum Gasteiger partial charge on any atom is -0.359 e. The van der Waals surface area contributed by atoms with E-state index in [9.17, 15) is 0 Å². The molecule has 17 heavy (non-hydrogen) atoms. The van der Waals surface area contributed by atoms with E-state index in [0.29, 0.717) is 5.41 Å². The molecule has 3 rings (SSSR count). The molecule has 0 saturated heterocycles. The molecule has 1 saturated carbocycles. The van der Waals surface area contributed by atoms with Gasteiger partial charge in [0.15, 0.2) is 0 Å². The minimum absolute atomic E-state index is 0.302. The molecule has 1 aliphatic carbocycles. The third-order valence-electron chi connectivity index (χ3n) is 3.81. The van der Waals surface area contributed by atoms with Gasteiger partial charge in [0.25, 0.3) is 0 Å². The lowest BCUT2D eigenvalue weighted by Gasteiger charge is -2.26. The lowest BCUT2D eigenvalue weighted by Crippen LogP contribution is -2.26. The number of rotatable bonds is 0. The van der Waals surface area contributed by atoms with E-state index >= 15 is 0 Å². The zero-order valence-corrected chi connectivity index (χ0v) is 10.6. The highest BCUT2D eigenvalue weighted by Crippen LogP contribution is 2.44. The van der Waals surface area contributed by atoms with Crippen molar-refractivity contribution in [1.29, 1.82) is 0 Å². The summed E-state index contributed by atoms with van der Waals surface area (Å²) in [6.07, 6.45) is 6.73. The van der Waals surface area contributed by atoms with Crippen LogP contribution in [0.15, 0.2) is 12.3 Å². The summed E-state index contributed by atoms with van der Waals surface area (Å²) in [5.41, 5.74) is 2.84. The third-order valence-corrected chi connectivity index (χ3v) is 3.81. The number of nitrogens with zero attached hydrogens (tertiary/aromatic N) is 2. The Bertz CT molecular complexity index is 503. The second-order valence-electron chi connectivity index (χ2n) is 5.50. The molecule has 0 bridgehead atoms. The smallest absolute Gasteiger partial charge is 0.132 e. The van der Waals surface area contributed by atoms with E-state index in [0.717, 1.165) is 18.8 Å². The summed E-state index contributed by atoms with van der Waals surface area (Å²) >= 11 is 0. The predicted octanol–water partition coefficient (Wildman–Crippen LogP) is 2.62. The lowest BCUT2D eigenvalue weighted by atomic mass is 10.00. The maximum absolute atomic E-state index is 4.48. The summed E-state index contributed by atoms with van der Waals surface area (Å²) in [6.45, 7) is 3.36. The molecular formula is C15H18N2. The van der Waals surface area contributed by atoms with Crippen molar-refractivity contribution < 1.29 is 0 Å². The summed E-state index contributed by atoms with van der Waals surface area (Å²) in [7, 11) is 2.12. The third kappa shape index (κ3) is 2.02. The second-order valence-corrected chi connectivity index (χ2v) is 5.50. The van der Waals surface area contributed by atoms with Crippen LogP contribution in [0.2, 0.25) is 0 Å². The molecule has 2 aliphatic rings. The predicted molar refractivity (Wildman–Crippen MR) is 70.0 cm³/mol. The van der Waals surface area contributed by atoms with Crippen molar-refractivity contribution in [3.63, 3.8) is 0 Å². The molecule has 0 radical (unpaired) electrons. The van der Waals surface area contributed by atoms with Gasteiger partial charge in [0.05, 0.1) is 0 Å². The number of aromatic nitrogens is 1. The summed E-state index contributed by atoms with van der Waals surface area (Å²) < 4.78 is 0. The van der Waals surface area contributed by atoms with Crippen LogP contribution in [0.1, 0.15) is 37.3 Å². The summed E-state index contributed by atoms with van der Waals surface area (Å²) in [5.74, 6) is 7.93. The van der Waals surface area contributed by atoms with Crippen LogP contribution in [0, 0.1) is 17.3 Å². The Morgan fingerprint density at radius 2 is 2.24 bits per heavy atom. The molecule has 0 spiro atoms. The first kappa shape index (κ1) is 10.7. The Balaban J connectivity index is 1.99. The van der Waals surface area contributed by atoms with Gasteiger partial charge in [-0.3, -0.25) is 0 Å². The first-order chi connectivity index (χ1) is 8.18. The fraction of sp³-hybridized carbons (Fsp3) is 0.533. The fourth-order valence-electron chi connectivity index (χ4n) is 2.30. The number of hydrogen-bond acceptors (Lipinski definition) is 2. The van der Waals surface area contributed by atoms with E-state index in [2.05, 4.69) is 41.8 Å². The number of anilines is 1. The van der Waals surface area contributed by atoms with Crippen molar-refractivity contribution in [3.8, 4) is 11.8 Å². The van der Waals surface area contributed by atoms with Crippen LogP contribution in [0.3, 0.4) is 0 Å². The molecule has 2 nitrogen and oxygen atoms in total. The summed E-state index contributed by atoms with van der Waals surface area (Å²) in [6, 6.07) is 2.07. The second kappa shape index (κ2) is 3.77. The Morgan fingerprint density at radius 1 is 1.41 bits per heavy atom. The van der Waals surface area contributed by atoms with Crippen LogP contribution in [-0.2, 0) is 6.42 Å². The van der Waals surface area contributed by atoms with E-state index in [-0.39, 0.29) is 0 Å². The molecule has 1 aliphatic heterocycles. The van der Waals surface area contributed by atoms with Crippen LogP contribution in [0.5, 0.6) is 0 Å². The monoisotopic (exact) mass is 226 g/mol. The zero-order valence-electron chi connectivity index (χ0n) is 10.6. The first-order valence-corrected chi connectivity index (χ1v) is 6.40. The molecule has 0 unspecified atom stereocenters. The van der Waals surface area contributed by atoms with E-state index in [1.807, 2.05) is 6.20 Å². The summed E-state index contributed by atoms with van der Waals surface area (Å²) in [5, 5.41) is 0. The standard InChI is InChI=1S/C15H18N2/c1-15(8-9-15)7-5-12-6-10-16-14-13(12)4-3-11-17(14)2/h6,10H,3-4,8-9,11H2,1-2H3. The van der Waals surface area contributed by atoms with Crippen LogP contribution >= 0.6 is 0 Å². The molecule has 1 aromatic rings. The van der Waals surface area contributed by atoms with Crippen LogP contribution in [-0.4, -0.2) is 18.6 Å². The lowest BCUT2D eigenvalue weighted by molar-refractivity contribution is 0.728. The quantitative estimate of drug-likeness (QED) is 0.632. The van der Waals surface area contributed by atoms with Crippen LogP contribution in [0.4, 0.5) is 5.82 Å². The van der Waals surface area contributed by atoms with Gasteiger partial charge in [0.2, 0.25) is 0 Å². The minimum atomic E-state index is 0.302. The highest BCUT2D eigenvalue weighted by molar-refractivity contribution is 5.57. The van der Waals surface area contributed by atoms with Crippen molar-refractivity contribution in [2.24, 2.45) is 5.41 Å². The number of hydrogen-bond donors (Lipinski definition) is 0. The maximum Gasteiger partial charge on any atom is 0.132 e. The van der Waals surface area contributed by atoms with Crippen molar-refractivity contribution in [2.45, 2.75) is 32.6 Å². The van der Waals surface area contributed by atoms with Gasteiger partial charge in [0, 0.05) is 36.3 Å². The van der Waals surface area contributed by atoms with E-state index in [4.69, 9.17) is 0 Å². The van der Waals surface area contributed by atoms with Gasteiger partial charge in [-0.25, -0.2) is 4.98 Å². The molecule has 2 heteroatoms. The molecule has 0 atom stereocenters. The molecular weight excluding hydrogens is 208 g/mol. The molecule has 88 valence electrons. The van der Waals surface area contributed by atoms with Gasteiger partial charge >= 0.3 is 0 Å². The van der Waals surface area contributed by atoms with Gasteiger partial charge < -0.3 is 4.90 Å². The van der Waals surface area contributed by atoms with Crippen molar-refractivity contribution in [3.05, 3.63) is 23.4 Å².